The van der Waals surface area contributed by atoms with E-state index in [0.717, 1.165) is 23.9 Å². The number of ether oxygens (including phenoxy) is 2. The van der Waals surface area contributed by atoms with Crippen molar-refractivity contribution in [2.75, 3.05) is 25.6 Å². The molecule has 1 saturated heterocycles. The van der Waals surface area contributed by atoms with Crippen LogP contribution in [0.1, 0.15) is 28.8 Å². The van der Waals surface area contributed by atoms with Gasteiger partial charge in [-0.15, -0.1) is 0 Å². The monoisotopic (exact) mass is 479 g/mol. The number of hydrogen-bond acceptors (Lipinski definition) is 5. The topological polar surface area (TPSA) is 92.2 Å². The van der Waals surface area contributed by atoms with Gasteiger partial charge in [0, 0.05) is 23.2 Å². The normalized spacial score (nSPS) is 16.4. The molecule has 1 heterocycles. The summed E-state index contributed by atoms with van der Waals surface area (Å²) in [5.41, 5.74) is 0.954. The smallest absolute Gasteiger partial charge is 0.337 e. The highest BCUT2D eigenvalue weighted by atomic mass is 79.9. The maximum atomic E-state index is 14.1. The molecular weight excluding hydrogens is 457 g/mol. The van der Waals surface area contributed by atoms with Crippen molar-refractivity contribution >= 4 is 33.5 Å². The molecule has 0 radical (unpaired) electrons. The van der Waals surface area contributed by atoms with E-state index in [-0.39, 0.29) is 35.5 Å². The molecule has 0 bridgehead atoms. The zero-order chi connectivity index (χ0) is 21.5. The number of phenols is 1. The van der Waals surface area contributed by atoms with Gasteiger partial charge in [0.2, 0.25) is 0 Å². The molecule has 1 fully saturated rings. The summed E-state index contributed by atoms with van der Waals surface area (Å²) < 4.78 is 25.2. The van der Waals surface area contributed by atoms with Gasteiger partial charge in [-0.05, 0) is 49.2 Å². The van der Waals surface area contributed by atoms with Gasteiger partial charge in [-0.2, -0.15) is 0 Å². The molecule has 2 aromatic carbocycles. The lowest BCUT2D eigenvalue weighted by Gasteiger charge is -2.17. The van der Waals surface area contributed by atoms with Crippen LogP contribution in [0.4, 0.5) is 10.1 Å². The van der Waals surface area contributed by atoms with Crippen LogP contribution in [0, 0.1) is 5.82 Å². The lowest BCUT2D eigenvalue weighted by Crippen LogP contribution is -2.36. The van der Waals surface area contributed by atoms with Crippen LogP contribution in [0.3, 0.4) is 0 Å². The third kappa shape index (κ3) is 5.93. The first-order chi connectivity index (χ1) is 14.5. The van der Waals surface area contributed by atoms with Gasteiger partial charge in [0.15, 0.2) is 5.96 Å². The van der Waals surface area contributed by atoms with Crippen molar-refractivity contribution in [3.63, 3.8) is 0 Å². The first-order valence-corrected chi connectivity index (χ1v) is 10.3. The Hall–Kier alpha value is -2.65. The number of nitrogens with one attached hydrogen (secondary N) is 2. The Morgan fingerprint density at radius 3 is 2.93 bits per heavy atom. The summed E-state index contributed by atoms with van der Waals surface area (Å²) in [4.78, 5) is 16.2. The van der Waals surface area contributed by atoms with E-state index in [4.69, 9.17) is 9.47 Å². The lowest BCUT2D eigenvalue weighted by atomic mass is 10.2. The number of aliphatic imine (C=N–C) groups is 1. The fourth-order valence-corrected chi connectivity index (χ4v) is 3.40. The summed E-state index contributed by atoms with van der Waals surface area (Å²) in [6.07, 6.45) is 1.98. The van der Waals surface area contributed by atoms with Gasteiger partial charge in [-0.3, -0.25) is 0 Å². The first kappa shape index (κ1) is 22.0. The third-order valence-electron chi connectivity index (χ3n) is 4.61. The second-order valence-corrected chi connectivity index (χ2v) is 7.68. The number of nitrogens with zero attached hydrogens (tertiary/aromatic N) is 1. The minimum atomic E-state index is -0.528. The summed E-state index contributed by atoms with van der Waals surface area (Å²) in [5, 5.41) is 16.3. The molecule has 1 aliphatic heterocycles. The van der Waals surface area contributed by atoms with Crippen molar-refractivity contribution < 1.29 is 23.8 Å². The summed E-state index contributed by atoms with van der Waals surface area (Å²) in [7, 11) is 1.28. The Morgan fingerprint density at radius 1 is 1.37 bits per heavy atom. The number of carbonyl (C=O) groups excluding carboxylic acids is 1. The van der Waals surface area contributed by atoms with E-state index in [1.54, 1.807) is 12.1 Å². The van der Waals surface area contributed by atoms with Crippen molar-refractivity contribution in [3.05, 3.63) is 57.8 Å². The highest BCUT2D eigenvalue weighted by molar-refractivity contribution is 9.10. The minimum absolute atomic E-state index is 0.0506. The SMILES string of the molecule is COC(=O)c1ccc(O)c(NC(=NCc2cc(Br)ccc2F)NCC2CCCO2)c1. The van der Waals surface area contributed by atoms with Crippen LogP contribution in [-0.4, -0.2) is 43.4 Å². The zero-order valence-corrected chi connectivity index (χ0v) is 18.0. The van der Waals surface area contributed by atoms with Crippen molar-refractivity contribution in [2.45, 2.75) is 25.5 Å². The standard InChI is InChI=1S/C21H23BrFN3O4/c1-29-20(28)13-4-7-19(27)18(10-13)26-21(25-12-16-3-2-8-30-16)24-11-14-9-15(22)5-6-17(14)23/h4-7,9-10,16,27H,2-3,8,11-12H2,1H3,(H2,24,25,26). The second kappa shape index (κ2) is 10.4. The predicted molar refractivity (Wildman–Crippen MR) is 115 cm³/mol. The van der Waals surface area contributed by atoms with Gasteiger partial charge < -0.3 is 25.2 Å². The molecule has 0 aromatic heterocycles. The molecule has 1 unspecified atom stereocenters. The molecule has 0 amide bonds. The first-order valence-electron chi connectivity index (χ1n) is 9.48. The van der Waals surface area contributed by atoms with Gasteiger partial charge in [0.25, 0.3) is 0 Å². The minimum Gasteiger partial charge on any atom is -0.506 e. The molecule has 160 valence electrons. The van der Waals surface area contributed by atoms with Crippen LogP contribution >= 0.6 is 15.9 Å². The number of rotatable bonds is 6. The van der Waals surface area contributed by atoms with E-state index in [1.807, 2.05) is 0 Å². The highest BCUT2D eigenvalue weighted by Gasteiger charge is 2.17. The van der Waals surface area contributed by atoms with Crippen LogP contribution in [0.2, 0.25) is 0 Å². The third-order valence-corrected chi connectivity index (χ3v) is 5.10. The average molecular weight is 480 g/mol. The summed E-state index contributed by atoms with van der Waals surface area (Å²) in [6.45, 7) is 1.30. The quantitative estimate of drug-likeness (QED) is 0.252. The number of aromatic hydroxyl groups is 1. The number of guanidine groups is 1. The van der Waals surface area contributed by atoms with E-state index in [9.17, 15) is 14.3 Å². The molecule has 7 nitrogen and oxygen atoms in total. The predicted octanol–water partition coefficient (Wildman–Crippen LogP) is 3.82. The zero-order valence-electron chi connectivity index (χ0n) is 16.5. The number of phenolic OH excluding ortho intramolecular Hbond substituents is 1. The highest BCUT2D eigenvalue weighted by Crippen LogP contribution is 2.25. The number of anilines is 1. The molecule has 0 spiro atoms. The van der Waals surface area contributed by atoms with Gasteiger partial charge in [-0.25, -0.2) is 14.2 Å². The lowest BCUT2D eigenvalue weighted by molar-refractivity contribution is 0.0601. The summed E-state index contributed by atoms with van der Waals surface area (Å²) in [5.74, 6) is -0.638. The van der Waals surface area contributed by atoms with E-state index in [1.165, 1.54) is 31.4 Å². The van der Waals surface area contributed by atoms with E-state index in [0.29, 0.717) is 18.1 Å². The van der Waals surface area contributed by atoms with Crippen LogP contribution in [0.5, 0.6) is 5.75 Å². The number of methoxy groups -OCH3 is 1. The molecule has 1 aliphatic rings. The Balaban J connectivity index is 1.81. The fraction of sp³-hybridized carbons (Fsp3) is 0.333. The molecule has 9 heteroatoms. The fourth-order valence-electron chi connectivity index (χ4n) is 2.99. The molecule has 30 heavy (non-hydrogen) atoms. The van der Waals surface area contributed by atoms with Crippen molar-refractivity contribution in [1.29, 1.82) is 0 Å². The number of benzene rings is 2. The second-order valence-electron chi connectivity index (χ2n) is 6.77. The molecule has 0 aliphatic carbocycles. The number of carbonyl (C=O) groups is 1. The molecule has 2 aromatic rings. The summed E-state index contributed by atoms with van der Waals surface area (Å²) >= 11 is 3.33. The van der Waals surface area contributed by atoms with E-state index in [2.05, 4.69) is 31.6 Å². The molecule has 1 atom stereocenters. The molecule has 3 rings (SSSR count). The number of hydrogen-bond donors (Lipinski definition) is 3. The molecule has 3 N–H and O–H groups in total. The van der Waals surface area contributed by atoms with Crippen molar-refractivity contribution in [2.24, 2.45) is 4.99 Å². The van der Waals surface area contributed by atoms with E-state index < -0.39 is 5.97 Å². The maximum absolute atomic E-state index is 14.1. The Bertz CT molecular complexity index is 932. The van der Waals surface area contributed by atoms with Gasteiger partial charge in [0.05, 0.1) is 31.0 Å². The Kier molecular flexibility index (Phi) is 7.64. The molecular formula is C21H23BrFN3O4. The van der Waals surface area contributed by atoms with Crippen LogP contribution in [0.25, 0.3) is 0 Å². The summed E-state index contributed by atoms with van der Waals surface area (Å²) in [6, 6.07) is 8.96. The number of halogens is 2. The van der Waals surface area contributed by atoms with Crippen LogP contribution < -0.4 is 10.6 Å². The Labute approximate surface area is 182 Å². The van der Waals surface area contributed by atoms with Gasteiger partial charge >= 0.3 is 5.97 Å². The maximum Gasteiger partial charge on any atom is 0.337 e. The van der Waals surface area contributed by atoms with E-state index >= 15 is 0 Å². The van der Waals surface area contributed by atoms with Crippen molar-refractivity contribution in [1.82, 2.24) is 5.32 Å². The van der Waals surface area contributed by atoms with Gasteiger partial charge in [0.1, 0.15) is 11.6 Å². The number of esters is 1. The largest absolute Gasteiger partial charge is 0.506 e. The molecule has 0 saturated carbocycles. The Morgan fingerprint density at radius 2 is 2.20 bits per heavy atom. The van der Waals surface area contributed by atoms with Crippen LogP contribution in [0.15, 0.2) is 45.9 Å². The van der Waals surface area contributed by atoms with Crippen LogP contribution in [-0.2, 0) is 16.0 Å². The van der Waals surface area contributed by atoms with Gasteiger partial charge in [-0.1, -0.05) is 15.9 Å². The van der Waals surface area contributed by atoms with Crippen molar-refractivity contribution in [3.8, 4) is 5.75 Å². The average Bonchev–Trinajstić information content (AvgIpc) is 3.26.